The van der Waals surface area contributed by atoms with Crippen molar-refractivity contribution in [2.24, 2.45) is 0 Å². The van der Waals surface area contributed by atoms with Gasteiger partial charge >= 0.3 is 0 Å². The van der Waals surface area contributed by atoms with Crippen LogP contribution in [-0.4, -0.2) is 28.1 Å². The van der Waals surface area contributed by atoms with Gasteiger partial charge in [0.15, 0.2) is 0 Å². The van der Waals surface area contributed by atoms with Crippen molar-refractivity contribution in [3.05, 3.63) is 70.2 Å². The van der Waals surface area contributed by atoms with Crippen molar-refractivity contribution in [3.8, 4) is 0 Å². The zero-order chi connectivity index (χ0) is 19.9. The highest BCUT2D eigenvalue weighted by atomic mass is 32.1. The molecule has 0 fully saturated rings. The largest absolute Gasteiger partial charge is 0.352 e. The molecule has 28 heavy (non-hydrogen) atoms. The molecular formula is C19H18F2N4O2S. The zero-order valence-electron chi connectivity index (χ0n) is 14.8. The molecule has 0 atom stereocenters. The maximum absolute atomic E-state index is 14.0. The highest BCUT2D eigenvalue weighted by molar-refractivity contribution is 7.08. The summed E-state index contributed by atoms with van der Waals surface area (Å²) in [6, 6.07) is 5.19. The molecule has 0 aliphatic rings. The van der Waals surface area contributed by atoms with Crippen molar-refractivity contribution >= 4 is 28.8 Å². The Labute approximate surface area is 164 Å². The number of benzene rings is 1. The van der Waals surface area contributed by atoms with E-state index in [1.54, 1.807) is 29.2 Å². The maximum atomic E-state index is 14.0. The molecule has 6 nitrogen and oxygen atoms in total. The lowest BCUT2D eigenvalue weighted by molar-refractivity contribution is -0.115. The highest BCUT2D eigenvalue weighted by Crippen LogP contribution is 2.20. The molecule has 0 radical (unpaired) electrons. The molecule has 2 aromatic heterocycles. The normalized spacial score (nSPS) is 10.6. The van der Waals surface area contributed by atoms with Crippen LogP contribution >= 0.6 is 11.3 Å². The van der Waals surface area contributed by atoms with Crippen LogP contribution in [0.2, 0.25) is 0 Å². The van der Waals surface area contributed by atoms with Crippen LogP contribution in [0.1, 0.15) is 22.3 Å². The average molecular weight is 404 g/mol. The molecule has 0 aliphatic carbocycles. The van der Waals surface area contributed by atoms with Crippen molar-refractivity contribution in [2.75, 3.05) is 11.9 Å². The second-order valence-corrected chi connectivity index (χ2v) is 6.83. The standard InChI is InChI=1S/C19H18F2N4O2S/c20-15-11-16(21)17(24-18(26)9-13-3-8-28-12-13)10-14(15)19(27)22-4-1-6-25-7-2-5-23-25/h2-3,5,7-8,10-12H,1,4,6,9H2,(H,22,27)(H,24,26). The van der Waals surface area contributed by atoms with Gasteiger partial charge in [-0.1, -0.05) is 0 Å². The third kappa shape index (κ3) is 5.23. The van der Waals surface area contributed by atoms with E-state index in [1.165, 1.54) is 11.3 Å². The van der Waals surface area contributed by atoms with Gasteiger partial charge < -0.3 is 10.6 Å². The average Bonchev–Trinajstić information content (AvgIpc) is 3.35. The van der Waals surface area contributed by atoms with Gasteiger partial charge in [0, 0.05) is 31.5 Å². The number of aromatic nitrogens is 2. The maximum Gasteiger partial charge on any atom is 0.254 e. The third-order valence-corrected chi connectivity index (χ3v) is 4.66. The number of nitrogens with one attached hydrogen (secondary N) is 2. The van der Waals surface area contributed by atoms with Crippen molar-refractivity contribution in [1.82, 2.24) is 15.1 Å². The fraction of sp³-hybridized carbons (Fsp3) is 0.211. The molecule has 9 heteroatoms. The molecule has 0 saturated heterocycles. The number of aryl methyl sites for hydroxylation is 1. The van der Waals surface area contributed by atoms with Gasteiger partial charge in [0.2, 0.25) is 5.91 Å². The molecule has 2 heterocycles. The monoisotopic (exact) mass is 404 g/mol. The summed E-state index contributed by atoms with van der Waals surface area (Å²) in [6.45, 7) is 0.901. The first-order valence-corrected chi connectivity index (χ1v) is 9.53. The molecular weight excluding hydrogens is 386 g/mol. The Hall–Kier alpha value is -3.07. The summed E-state index contributed by atoms with van der Waals surface area (Å²) in [5.74, 6) is -3.05. The molecule has 0 bridgehead atoms. The van der Waals surface area contributed by atoms with E-state index in [0.717, 1.165) is 11.6 Å². The van der Waals surface area contributed by atoms with Crippen LogP contribution < -0.4 is 10.6 Å². The number of hydrogen-bond donors (Lipinski definition) is 2. The smallest absolute Gasteiger partial charge is 0.254 e. The fourth-order valence-corrected chi connectivity index (χ4v) is 3.23. The summed E-state index contributed by atoms with van der Waals surface area (Å²) in [6.07, 6.45) is 4.11. The van der Waals surface area contributed by atoms with E-state index in [9.17, 15) is 18.4 Å². The van der Waals surface area contributed by atoms with Gasteiger partial charge in [-0.2, -0.15) is 16.4 Å². The molecule has 0 saturated carbocycles. The Bertz CT molecular complexity index is 943. The van der Waals surface area contributed by atoms with Gasteiger partial charge in [-0.05, 0) is 40.9 Å². The molecule has 0 unspecified atom stereocenters. The predicted octanol–water partition coefficient (Wildman–Crippen LogP) is 3.22. The topological polar surface area (TPSA) is 76.0 Å². The van der Waals surface area contributed by atoms with Crippen molar-refractivity contribution in [1.29, 1.82) is 0 Å². The minimum Gasteiger partial charge on any atom is -0.352 e. The minimum absolute atomic E-state index is 0.0648. The first kappa shape index (κ1) is 19.7. The number of anilines is 1. The Kier molecular flexibility index (Phi) is 6.49. The van der Waals surface area contributed by atoms with E-state index in [0.29, 0.717) is 25.6 Å². The Morgan fingerprint density at radius 2 is 2.07 bits per heavy atom. The van der Waals surface area contributed by atoms with Gasteiger partial charge in [0.1, 0.15) is 11.6 Å². The summed E-state index contributed by atoms with van der Waals surface area (Å²) in [5.41, 5.74) is 0.231. The second kappa shape index (κ2) is 9.23. The SMILES string of the molecule is O=C(Cc1ccsc1)Nc1cc(C(=O)NCCCn2cccn2)c(F)cc1F. The van der Waals surface area contributed by atoms with Gasteiger partial charge in [-0.15, -0.1) is 0 Å². The summed E-state index contributed by atoms with van der Waals surface area (Å²) in [7, 11) is 0. The summed E-state index contributed by atoms with van der Waals surface area (Å²) < 4.78 is 29.7. The highest BCUT2D eigenvalue weighted by Gasteiger charge is 2.17. The molecule has 2 N–H and O–H groups in total. The molecule has 3 aromatic rings. The lowest BCUT2D eigenvalue weighted by Crippen LogP contribution is -2.26. The van der Waals surface area contributed by atoms with Gasteiger partial charge in [-0.3, -0.25) is 14.3 Å². The Morgan fingerprint density at radius 1 is 1.21 bits per heavy atom. The number of thiophene rings is 1. The van der Waals surface area contributed by atoms with E-state index in [1.807, 2.05) is 10.8 Å². The van der Waals surface area contributed by atoms with Crippen LogP contribution in [0.3, 0.4) is 0 Å². The fourth-order valence-electron chi connectivity index (χ4n) is 2.56. The number of amides is 2. The number of rotatable bonds is 8. The van der Waals surface area contributed by atoms with E-state index in [4.69, 9.17) is 0 Å². The predicted molar refractivity (Wildman–Crippen MR) is 102 cm³/mol. The molecule has 0 aliphatic heterocycles. The zero-order valence-corrected chi connectivity index (χ0v) is 15.6. The van der Waals surface area contributed by atoms with Crippen LogP contribution in [0, 0.1) is 11.6 Å². The van der Waals surface area contributed by atoms with E-state index in [-0.39, 0.29) is 17.7 Å². The first-order chi connectivity index (χ1) is 13.5. The lowest BCUT2D eigenvalue weighted by atomic mass is 10.1. The summed E-state index contributed by atoms with van der Waals surface area (Å²) in [5, 5.41) is 12.7. The van der Waals surface area contributed by atoms with Gasteiger partial charge in [0.05, 0.1) is 17.7 Å². The van der Waals surface area contributed by atoms with E-state index in [2.05, 4.69) is 15.7 Å². The number of carbonyl (C=O) groups is 2. The summed E-state index contributed by atoms with van der Waals surface area (Å²) >= 11 is 1.45. The second-order valence-electron chi connectivity index (χ2n) is 6.05. The number of nitrogens with zero attached hydrogens (tertiary/aromatic N) is 2. The van der Waals surface area contributed by atoms with Crippen LogP contribution in [0.15, 0.2) is 47.4 Å². The van der Waals surface area contributed by atoms with Crippen molar-refractivity contribution in [3.63, 3.8) is 0 Å². The Morgan fingerprint density at radius 3 is 2.79 bits per heavy atom. The first-order valence-electron chi connectivity index (χ1n) is 8.58. The quantitative estimate of drug-likeness (QED) is 0.566. The van der Waals surface area contributed by atoms with Crippen LogP contribution in [-0.2, 0) is 17.8 Å². The van der Waals surface area contributed by atoms with Gasteiger partial charge in [-0.25, -0.2) is 8.78 Å². The molecule has 2 amide bonds. The molecule has 3 rings (SSSR count). The minimum atomic E-state index is -0.988. The lowest BCUT2D eigenvalue weighted by Gasteiger charge is -2.10. The number of carbonyl (C=O) groups excluding carboxylic acids is 2. The van der Waals surface area contributed by atoms with Crippen LogP contribution in [0.5, 0.6) is 0 Å². The summed E-state index contributed by atoms with van der Waals surface area (Å²) in [4.78, 5) is 24.3. The molecule has 1 aromatic carbocycles. The molecule has 0 spiro atoms. The van der Waals surface area contributed by atoms with E-state index < -0.39 is 23.4 Å². The van der Waals surface area contributed by atoms with Crippen molar-refractivity contribution < 1.29 is 18.4 Å². The number of halogens is 2. The van der Waals surface area contributed by atoms with Crippen LogP contribution in [0.4, 0.5) is 14.5 Å². The third-order valence-electron chi connectivity index (χ3n) is 3.93. The van der Waals surface area contributed by atoms with Gasteiger partial charge in [0.25, 0.3) is 5.91 Å². The van der Waals surface area contributed by atoms with Crippen molar-refractivity contribution in [2.45, 2.75) is 19.4 Å². The molecule has 146 valence electrons. The van der Waals surface area contributed by atoms with Crippen LogP contribution in [0.25, 0.3) is 0 Å². The number of hydrogen-bond acceptors (Lipinski definition) is 4. The van der Waals surface area contributed by atoms with E-state index >= 15 is 0 Å². The Balaban J connectivity index is 1.59.